The van der Waals surface area contributed by atoms with Crippen molar-refractivity contribution in [1.82, 2.24) is 19.2 Å². The maximum Gasteiger partial charge on any atom is 0.257 e. The van der Waals surface area contributed by atoms with Crippen LogP contribution in [0.15, 0.2) is 61.1 Å². The molecule has 1 amide bonds. The molecule has 1 aliphatic heterocycles. The van der Waals surface area contributed by atoms with Gasteiger partial charge in [0.25, 0.3) is 5.91 Å². The van der Waals surface area contributed by atoms with E-state index in [-0.39, 0.29) is 11.9 Å². The second kappa shape index (κ2) is 7.50. The minimum atomic E-state index is -0.535. The van der Waals surface area contributed by atoms with Crippen LogP contribution in [-0.2, 0) is 0 Å². The summed E-state index contributed by atoms with van der Waals surface area (Å²) in [7, 11) is 0. The molecule has 6 nitrogen and oxygen atoms in total. The number of benzene rings is 1. The Labute approximate surface area is 158 Å². The Bertz CT molecular complexity index is 916. The number of aromatic nitrogens is 2. The van der Waals surface area contributed by atoms with E-state index in [1.165, 1.54) is 0 Å². The monoisotopic (exact) mass is 364 g/mol. The Morgan fingerprint density at radius 2 is 1.78 bits per heavy atom. The van der Waals surface area contributed by atoms with Crippen molar-refractivity contribution in [2.75, 3.05) is 26.2 Å². The molecule has 1 saturated heterocycles. The van der Waals surface area contributed by atoms with E-state index in [4.69, 9.17) is 0 Å². The summed E-state index contributed by atoms with van der Waals surface area (Å²) in [4.78, 5) is 21.4. The zero-order valence-electron chi connectivity index (χ0n) is 15.4. The van der Waals surface area contributed by atoms with E-state index >= 15 is 0 Å². The Morgan fingerprint density at radius 3 is 2.52 bits per heavy atom. The largest absolute Gasteiger partial charge is 0.387 e. The van der Waals surface area contributed by atoms with Crippen molar-refractivity contribution in [3.63, 3.8) is 0 Å². The topological polar surface area (TPSA) is 61.1 Å². The number of hydrogen-bond acceptors (Lipinski definition) is 4. The number of pyridine rings is 1. The van der Waals surface area contributed by atoms with Crippen molar-refractivity contribution in [3.8, 4) is 0 Å². The van der Waals surface area contributed by atoms with Gasteiger partial charge in [-0.25, -0.2) is 4.98 Å². The van der Waals surface area contributed by atoms with Crippen molar-refractivity contribution >= 4 is 11.6 Å². The van der Waals surface area contributed by atoms with Gasteiger partial charge in [-0.3, -0.25) is 9.69 Å². The maximum atomic E-state index is 12.9. The minimum Gasteiger partial charge on any atom is -0.387 e. The highest BCUT2D eigenvalue weighted by Crippen LogP contribution is 2.22. The van der Waals surface area contributed by atoms with Crippen LogP contribution in [0.4, 0.5) is 0 Å². The van der Waals surface area contributed by atoms with Gasteiger partial charge < -0.3 is 14.4 Å². The van der Waals surface area contributed by atoms with Crippen molar-refractivity contribution in [1.29, 1.82) is 0 Å². The molecule has 0 spiro atoms. The first-order valence-electron chi connectivity index (χ1n) is 9.33. The molecule has 3 heterocycles. The SMILES string of the molecule is CC(C(O)c1ccccc1)N1CCN(C(=O)c2cccn3ccnc23)CC1. The molecule has 27 heavy (non-hydrogen) atoms. The predicted molar refractivity (Wildman–Crippen MR) is 104 cm³/mol. The summed E-state index contributed by atoms with van der Waals surface area (Å²) in [6.45, 7) is 4.82. The van der Waals surface area contributed by atoms with Crippen molar-refractivity contribution in [2.45, 2.75) is 19.1 Å². The molecule has 2 aromatic heterocycles. The van der Waals surface area contributed by atoms with Crippen LogP contribution in [0.5, 0.6) is 0 Å². The number of carbonyl (C=O) groups excluding carboxylic acids is 1. The number of hydrogen-bond donors (Lipinski definition) is 1. The van der Waals surface area contributed by atoms with E-state index in [0.717, 1.165) is 18.7 Å². The summed E-state index contributed by atoms with van der Waals surface area (Å²) < 4.78 is 1.86. The van der Waals surface area contributed by atoms with Crippen LogP contribution >= 0.6 is 0 Å². The van der Waals surface area contributed by atoms with Gasteiger partial charge in [-0.2, -0.15) is 0 Å². The molecular formula is C21H24N4O2. The second-order valence-corrected chi connectivity index (χ2v) is 7.00. The predicted octanol–water partition coefficient (Wildman–Crippen LogP) is 2.21. The number of aliphatic hydroxyl groups excluding tert-OH is 1. The standard InChI is InChI=1S/C21H24N4O2/c1-16(19(26)17-6-3-2-4-7-17)23-12-14-25(15-13-23)21(27)18-8-5-10-24-11-9-22-20(18)24/h2-11,16,19,26H,12-15H2,1H3. The molecule has 0 saturated carbocycles. The lowest BCUT2D eigenvalue weighted by Gasteiger charge is -2.39. The Kier molecular flexibility index (Phi) is 4.92. The quantitative estimate of drug-likeness (QED) is 0.771. The Balaban J connectivity index is 1.41. The van der Waals surface area contributed by atoms with Gasteiger partial charge >= 0.3 is 0 Å². The number of imidazole rings is 1. The molecule has 1 N–H and O–H groups in total. The van der Waals surface area contributed by atoms with E-state index in [9.17, 15) is 9.90 Å². The normalized spacial score (nSPS) is 17.8. The fraction of sp³-hybridized carbons (Fsp3) is 0.333. The van der Waals surface area contributed by atoms with E-state index in [0.29, 0.717) is 24.3 Å². The molecule has 1 fully saturated rings. The van der Waals surface area contributed by atoms with Gasteiger partial charge in [0.1, 0.15) is 5.65 Å². The number of rotatable bonds is 4. The molecule has 140 valence electrons. The molecule has 0 bridgehead atoms. The molecule has 3 aromatic rings. The summed E-state index contributed by atoms with van der Waals surface area (Å²) in [5, 5.41) is 10.7. The number of amides is 1. The molecule has 4 rings (SSSR count). The minimum absolute atomic E-state index is 0.000352. The summed E-state index contributed by atoms with van der Waals surface area (Å²) >= 11 is 0. The number of piperazine rings is 1. The smallest absolute Gasteiger partial charge is 0.257 e. The second-order valence-electron chi connectivity index (χ2n) is 7.00. The highest BCUT2D eigenvalue weighted by Gasteiger charge is 2.29. The van der Waals surface area contributed by atoms with E-state index in [1.807, 2.05) is 71.1 Å². The highest BCUT2D eigenvalue weighted by molar-refractivity contribution is 5.99. The van der Waals surface area contributed by atoms with Gasteiger partial charge in [-0.15, -0.1) is 0 Å². The Hall–Kier alpha value is -2.70. The van der Waals surface area contributed by atoms with E-state index < -0.39 is 6.10 Å². The molecule has 1 aliphatic rings. The van der Waals surface area contributed by atoms with Crippen LogP contribution in [0.25, 0.3) is 5.65 Å². The van der Waals surface area contributed by atoms with Gasteiger partial charge in [0, 0.05) is 50.8 Å². The zero-order valence-corrected chi connectivity index (χ0v) is 15.4. The molecular weight excluding hydrogens is 340 g/mol. The number of fused-ring (bicyclic) bond motifs is 1. The number of nitrogens with zero attached hydrogens (tertiary/aromatic N) is 4. The first-order chi connectivity index (χ1) is 13.1. The van der Waals surface area contributed by atoms with Crippen molar-refractivity contribution in [2.24, 2.45) is 0 Å². The third kappa shape index (κ3) is 3.46. The maximum absolute atomic E-state index is 12.9. The third-order valence-corrected chi connectivity index (χ3v) is 5.43. The third-order valence-electron chi connectivity index (χ3n) is 5.43. The molecule has 2 unspecified atom stereocenters. The van der Waals surface area contributed by atoms with Crippen LogP contribution in [0.3, 0.4) is 0 Å². The van der Waals surface area contributed by atoms with E-state index in [1.54, 1.807) is 6.20 Å². The summed E-state index contributed by atoms with van der Waals surface area (Å²) in [6.07, 6.45) is 4.91. The zero-order chi connectivity index (χ0) is 18.8. The lowest BCUT2D eigenvalue weighted by atomic mass is 10.0. The summed E-state index contributed by atoms with van der Waals surface area (Å²) in [5.41, 5.74) is 2.25. The van der Waals surface area contributed by atoms with Gasteiger partial charge in [-0.1, -0.05) is 30.3 Å². The molecule has 2 atom stereocenters. The fourth-order valence-corrected chi connectivity index (χ4v) is 3.75. The Morgan fingerprint density at radius 1 is 1.04 bits per heavy atom. The first kappa shape index (κ1) is 17.7. The number of aliphatic hydroxyl groups is 1. The van der Waals surface area contributed by atoms with Crippen molar-refractivity contribution < 1.29 is 9.90 Å². The molecule has 0 aliphatic carbocycles. The average Bonchev–Trinajstić information content (AvgIpc) is 3.22. The van der Waals surface area contributed by atoms with Crippen molar-refractivity contribution in [3.05, 3.63) is 72.2 Å². The van der Waals surface area contributed by atoms with Gasteiger partial charge in [0.05, 0.1) is 11.7 Å². The lowest BCUT2D eigenvalue weighted by molar-refractivity contribution is 0.0245. The fourth-order valence-electron chi connectivity index (χ4n) is 3.75. The highest BCUT2D eigenvalue weighted by atomic mass is 16.3. The first-order valence-corrected chi connectivity index (χ1v) is 9.33. The summed E-state index contributed by atoms with van der Waals surface area (Å²) in [5.74, 6) is 0.0164. The van der Waals surface area contributed by atoms with Crippen LogP contribution in [0.2, 0.25) is 0 Å². The molecule has 6 heteroatoms. The molecule has 1 aromatic carbocycles. The van der Waals surface area contributed by atoms with Crippen LogP contribution in [0, 0.1) is 0 Å². The molecule has 0 radical (unpaired) electrons. The van der Waals surface area contributed by atoms with Gasteiger partial charge in [0.2, 0.25) is 0 Å². The van der Waals surface area contributed by atoms with E-state index in [2.05, 4.69) is 9.88 Å². The van der Waals surface area contributed by atoms with Crippen LogP contribution in [0.1, 0.15) is 28.9 Å². The summed E-state index contributed by atoms with van der Waals surface area (Å²) in [6, 6.07) is 13.4. The van der Waals surface area contributed by atoms with Crippen LogP contribution in [-0.4, -0.2) is 62.4 Å². The lowest BCUT2D eigenvalue weighted by Crippen LogP contribution is -2.52. The number of carbonyl (C=O) groups is 1. The van der Waals surface area contributed by atoms with Crippen LogP contribution < -0.4 is 0 Å². The van der Waals surface area contributed by atoms with Gasteiger partial charge in [0.15, 0.2) is 0 Å². The average molecular weight is 364 g/mol. The van der Waals surface area contributed by atoms with Gasteiger partial charge in [-0.05, 0) is 24.6 Å².